The topological polar surface area (TPSA) is 109 Å². The van der Waals surface area contributed by atoms with Crippen LogP contribution in [0.5, 0.6) is 5.75 Å². The Balaban J connectivity index is 1.44. The molecule has 2 aliphatic rings. The molecule has 0 aliphatic carbocycles. The summed E-state index contributed by atoms with van der Waals surface area (Å²) >= 11 is 0. The van der Waals surface area contributed by atoms with Gasteiger partial charge in [-0.25, -0.2) is 9.18 Å². The molecule has 2 heterocycles. The molecule has 4 amide bonds. The molecular formula is C25H29FN4O5. The van der Waals surface area contributed by atoms with Crippen molar-refractivity contribution in [3.63, 3.8) is 0 Å². The molecule has 0 radical (unpaired) electrons. The molecule has 2 aromatic rings. The summed E-state index contributed by atoms with van der Waals surface area (Å²) in [6, 6.07) is 9.51. The average Bonchev–Trinajstić information content (AvgIpc) is 2.83. The minimum absolute atomic E-state index is 0.0546. The van der Waals surface area contributed by atoms with E-state index < -0.39 is 11.8 Å². The van der Waals surface area contributed by atoms with Crippen LogP contribution in [0.1, 0.15) is 36.5 Å². The van der Waals surface area contributed by atoms with E-state index in [1.54, 1.807) is 30.1 Å². The molecule has 0 unspecified atom stereocenters. The molecule has 2 aromatic carbocycles. The van der Waals surface area contributed by atoms with Gasteiger partial charge in [0.2, 0.25) is 5.91 Å². The summed E-state index contributed by atoms with van der Waals surface area (Å²) in [5.74, 6) is -0.313. The zero-order valence-electron chi connectivity index (χ0n) is 19.7. The number of carbonyl (C=O) groups is 3. The number of urea groups is 1. The Morgan fingerprint density at radius 1 is 1.09 bits per heavy atom. The molecule has 2 aliphatic heterocycles. The largest absolute Gasteiger partial charge is 0.490 e. The normalized spacial score (nSPS) is 21.5. The summed E-state index contributed by atoms with van der Waals surface area (Å²) < 4.78 is 25.2. The van der Waals surface area contributed by atoms with Crippen molar-refractivity contribution in [3.8, 4) is 5.75 Å². The molecular weight excluding hydrogens is 455 g/mol. The van der Waals surface area contributed by atoms with Crippen LogP contribution < -0.4 is 20.7 Å². The quantitative estimate of drug-likeness (QED) is 0.603. The highest BCUT2D eigenvalue weighted by Crippen LogP contribution is 2.32. The van der Waals surface area contributed by atoms with Crippen LogP contribution in [-0.2, 0) is 9.53 Å². The molecule has 1 fully saturated rings. The first kappa shape index (κ1) is 24.5. The molecule has 3 atom stereocenters. The molecule has 186 valence electrons. The van der Waals surface area contributed by atoms with Crippen molar-refractivity contribution in [2.45, 2.75) is 44.4 Å². The summed E-state index contributed by atoms with van der Waals surface area (Å²) in [6.07, 6.45) is 1.05. The lowest BCUT2D eigenvalue weighted by Gasteiger charge is -2.42. The second kappa shape index (κ2) is 10.7. The minimum Gasteiger partial charge on any atom is -0.490 e. The van der Waals surface area contributed by atoms with Crippen LogP contribution >= 0.6 is 0 Å². The number of ether oxygens (including phenoxy) is 2. The molecule has 0 bridgehead atoms. The lowest BCUT2D eigenvalue weighted by molar-refractivity contribution is -0.133. The third kappa shape index (κ3) is 5.89. The SMILES string of the molecule is CCNC(=O)C[C@H]1CC[C@@H]2[C@H](COc3ccc(NC(=O)Nc4ccc(F)cc4)cc3C(=O)N2C)O1. The van der Waals surface area contributed by atoms with Gasteiger partial charge in [0.05, 0.1) is 24.1 Å². The van der Waals surface area contributed by atoms with Crippen LogP contribution in [0.15, 0.2) is 42.5 Å². The van der Waals surface area contributed by atoms with E-state index in [0.717, 1.165) is 0 Å². The van der Waals surface area contributed by atoms with E-state index in [-0.39, 0.29) is 43.1 Å². The number of likely N-dealkylation sites (N-methyl/N-ethyl adjacent to an activating group) is 1. The maximum Gasteiger partial charge on any atom is 0.323 e. The highest BCUT2D eigenvalue weighted by molar-refractivity contribution is 6.02. The fourth-order valence-corrected chi connectivity index (χ4v) is 4.41. The highest BCUT2D eigenvalue weighted by atomic mass is 19.1. The van der Waals surface area contributed by atoms with Gasteiger partial charge in [-0.05, 0) is 62.2 Å². The first-order valence-electron chi connectivity index (χ1n) is 11.6. The molecule has 0 saturated carbocycles. The Labute approximate surface area is 203 Å². The molecule has 1 saturated heterocycles. The zero-order chi connectivity index (χ0) is 24.9. The predicted octanol–water partition coefficient (Wildman–Crippen LogP) is 3.38. The van der Waals surface area contributed by atoms with E-state index >= 15 is 0 Å². The van der Waals surface area contributed by atoms with Crippen LogP contribution in [0.3, 0.4) is 0 Å². The molecule has 9 nitrogen and oxygen atoms in total. The van der Waals surface area contributed by atoms with Crippen LogP contribution in [0, 0.1) is 5.82 Å². The fraction of sp³-hybridized carbons (Fsp3) is 0.400. The zero-order valence-corrected chi connectivity index (χ0v) is 19.7. The molecule has 3 N–H and O–H groups in total. The van der Waals surface area contributed by atoms with Crippen molar-refractivity contribution >= 4 is 29.2 Å². The maximum absolute atomic E-state index is 13.3. The molecule has 4 rings (SSSR count). The Morgan fingerprint density at radius 2 is 1.80 bits per heavy atom. The van der Waals surface area contributed by atoms with Gasteiger partial charge in [-0.3, -0.25) is 9.59 Å². The second-order valence-electron chi connectivity index (χ2n) is 8.62. The van der Waals surface area contributed by atoms with Gasteiger partial charge in [0.15, 0.2) is 0 Å². The third-order valence-corrected chi connectivity index (χ3v) is 6.16. The van der Waals surface area contributed by atoms with Gasteiger partial charge in [0, 0.05) is 25.0 Å². The van der Waals surface area contributed by atoms with Gasteiger partial charge < -0.3 is 30.3 Å². The van der Waals surface area contributed by atoms with E-state index in [9.17, 15) is 18.8 Å². The number of nitrogens with zero attached hydrogens (tertiary/aromatic N) is 1. The van der Waals surface area contributed by atoms with Crippen molar-refractivity contribution in [2.75, 3.05) is 30.8 Å². The number of halogens is 1. The number of amides is 4. The van der Waals surface area contributed by atoms with Crippen molar-refractivity contribution in [3.05, 3.63) is 53.8 Å². The van der Waals surface area contributed by atoms with Crippen molar-refractivity contribution in [1.29, 1.82) is 0 Å². The van der Waals surface area contributed by atoms with Gasteiger partial charge >= 0.3 is 6.03 Å². The van der Waals surface area contributed by atoms with E-state index in [4.69, 9.17) is 9.47 Å². The van der Waals surface area contributed by atoms with Gasteiger partial charge in [-0.15, -0.1) is 0 Å². The van der Waals surface area contributed by atoms with E-state index in [0.29, 0.717) is 42.1 Å². The number of carbonyl (C=O) groups excluding carboxylic acids is 3. The third-order valence-electron chi connectivity index (χ3n) is 6.16. The Bertz CT molecular complexity index is 1090. The standard InChI is InChI=1S/C25H29FN4O5/c1-3-27-23(31)13-18-9-10-20-22(35-18)14-34-21-11-8-17(12-19(21)24(32)30(20)2)29-25(33)28-16-6-4-15(26)5-7-16/h4-8,11-12,18,20,22H,3,9-10,13-14H2,1-2H3,(H,27,31)(H2,28,29,33)/t18-,20-,22+/m1/s1. The summed E-state index contributed by atoms with van der Waals surface area (Å²) in [6.45, 7) is 2.67. The van der Waals surface area contributed by atoms with Crippen molar-refractivity contribution in [2.24, 2.45) is 0 Å². The Morgan fingerprint density at radius 3 is 2.54 bits per heavy atom. The van der Waals surface area contributed by atoms with Gasteiger partial charge in [-0.2, -0.15) is 0 Å². The monoisotopic (exact) mass is 484 g/mol. The molecule has 35 heavy (non-hydrogen) atoms. The number of benzene rings is 2. The maximum atomic E-state index is 13.3. The first-order valence-corrected chi connectivity index (χ1v) is 11.6. The van der Waals surface area contributed by atoms with Crippen LogP contribution in [-0.4, -0.2) is 61.2 Å². The summed E-state index contributed by atoms with van der Waals surface area (Å²) in [5.41, 5.74) is 1.17. The molecule has 0 spiro atoms. The second-order valence-corrected chi connectivity index (χ2v) is 8.62. The average molecular weight is 485 g/mol. The number of rotatable bonds is 5. The van der Waals surface area contributed by atoms with Crippen LogP contribution in [0.2, 0.25) is 0 Å². The lowest BCUT2D eigenvalue weighted by Crippen LogP contribution is -2.54. The Hall–Kier alpha value is -3.66. The number of fused-ring (bicyclic) bond motifs is 2. The van der Waals surface area contributed by atoms with Gasteiger partial charge in [0.25, 0.3) is 5.91 Å². The molecule has 10 heteroatoms. The lowest BCUT2D eigenvalue weighted by atomic mass is 9.94. The number of hydrogen-bond acceptors (Lipinski definition) is 5. The first-order chi connectivity index (χ1) is 16.8. The number of hydrogen-bond donors (Lipinski definition) is 3. The predicted molar refractivity (Wildman–Crippen MR) is 128 cm³/mol. The van der Waals surface area contributed by atoms with Crippen LogP contribution in [0.4, 0.5) is 20.6 Å². The van der Waals surface area contributed by atoms with Crippen molar-refractivity contribution < 1.29 is 28.2 Å². The van der Waals surface area contributed by atoms with Crippen molar-refractivity contribution in [1.82, 2.24) is 10.2 Å². The fourth-order valence-electron chi connectivity index (χ4n) is 4.41. The van der Waals surface area contributed by atoms with Gasteiger partial charge in [0.1, 0.15) is 24.3 Å². The van der Waals surface area contributed by atoms with Crippen LogP contribution in [0.25, 0.3) is 0 Å². The van der Waals surface area contributed by atoms with E-state index in [2.05, 4.69) is 16.0 Å². The van der Waals surface area contributed by atoms with E-state index in [1.807, 2.05) is 6.92 Å². The minimum atomic E-state index is -0.525. The smallest absolute Gasteiger partial charge is 0.323 e. The molecule has 0 aromatic heterocycles. The summed E-state index contributed by atoms with van der Waals surface area (Å²) in [5, 5.41) is 8.09. The number of nitrogens with one attached hydrogen (secondary N) is 3. The van der Waals surface area contributed by atoms with Gasteiger partial charge in [-0.1, -0.05) is 0 Å². The summed E-state index contributed by atoms with van der Waals surface area (Å²) in [7, 11) is 1.73. The number of anilines is 2. The van der Waals surface area contributed by atoms with E-state index in [1.165, 1.54) is 24.3 Å². The highest BCUT2D eigenvalue weighted by Gasteiger charge is 2.39. The summed E-state index contributed by atoms with van der Waals surface area (Å²) in [4.78, 5) is 39.3. The Kier molecular flexibility index (Phi) is 7.50.